The van der Waals surface area contributed by atoms with Crippen molar-refractivity contribution in [1.82, 2.24) is 0 Å². The second-order valence-corrected chi connectivity index (χ2v) is 1.71. The molecule has 0 bridgehead atoms. The summed E-state index contributed by atoms with van der Waals surface area (Å²) in [4.78, 5) is 14.6. The summed E-state index contributed by atoms with van der Waals surface area (Å²) in [6, 6.07) is 0. The molecular formula is H4FNO2P+. The average Bonchev–Trinajstić information content (AvgIpc) is 0.722. The molecule has 0 rings (SSSR count). The maximum Gasteiger partial charge on any atom is 0.545 e. The zero-order valence-corrected chi connectivity index (χ0v) is 3.19. The molecule has 0 spiro atoms. The molecule has 5 heavy (non-hydrogen) atoms. The van der Waals surface area contributed by atoms with Crippen LogP contribution in [0.1, 0.15) is 0 Å². The molecule has 3 nitrogen and oxygen atoms in total. The van der Waals surface area contributed by atoms with Crippen LogP contribution in [0.4, 0.5) is 4.20 Å². The molecular weight excluding hydrogens is 96.0 g/mol. The Bertz CT molecular complexity index is 25.1. The molecule has 0 aliphatic rings. The van der Waals surface area contributed by atoms with Gasteiger partial charge in [-0.1, -0.05) is 0 Å². The van der Waals surface area contributed by atoms with Crippen LogP contribution in [0.15, 0.2) is 0 Å². The maximum absolute atomic E-state index is 10.7. The van der Waals surface area contributed by atoms with Crippen molar-refractivity contribution in [1.29, 1.82) is 0 Å². The smallest absolute Gasteiger partial charge is 0.174 e. The molecule has 0 saturated heterocycles. The highest BCUT2D eigenvalue weighted by molar-refractivity contribution is 7.56. The normalized spacial score (nSPS) is 12.0. The van der Waals surface area contributed by atoms with E-state index in [1.54, 1.807) is 0 Å². The van der Waals surface area contributed by atoms with Gasteiger partial charge in [-0.05, 0) is 0 Å². The van der Waals surface area contributed by atoms with Crippen molar-refractivity contribution in [3.05, 3.63) is 0 Å². The number of rotatable bonds is 0. The Morgan fingerprint density at radius 1 is 1.60 bits per heavy atom. The van der Waals surface area contributed by atoms with E-state index in [1.807, 2.05) is 0 Å². The van der Waals surface area contributed by atoms with Crippen molar-refractivity contribution in [2.75, 3.05) is 0 Å². The van der Waals surface area contributed by atoms with Gasteiger partial charge in [-0.2, -0.15) is 9.79 Å². The van der Waals surface area contributed by atoms with Crippen molar-refractivity contribution in [3.8, 4) is 0 Å². The first-order valence-corrected chi connectivity index (χ1v) is 2.48. The molecule has 0 aromatic rings. The third-order valence-corrected chi connectivity index (χ3v) is 0. The lowest BCUT2D eigenvalue weighted by Gasteiger charge is -1.81. The molecule has 0 unspecified atom stereocenters. The Balaban J connectivity index is 3.02. The molecule has 0 aliphatic carbocycles. The molecule has 0 heterocycles. The van der Waals surface area contributed by atoms with Gasteiger partial charge in [0.25, 0.3) is 0 Å². The quantitative estimate of drug-likeness (QED) is 0.362. The predicted octanol–water partition coefficient (Wildman–Crippen LogP) is -0.423. The Kier molecular flexibility index (Phi) is 1.20. The fraction of sp³-hybridized carbons (Fsp3) is 0. The van der Waals surface area contributed by atoms with E-state index < -0.39 is 8.18 Å². The predicted molar refractivity (Wildman–Crippen MR) is 16.7 cm³/mol. The molecule has 0 aromatic carbocycles. The summed E-state index contributed by atoms with van der Waals surface area (Å²) in [6.07, 6.45) is 0. The first-order chi connectivity index (χ1) is 2.00. The third kappa shape index (κ3) is 369. The molecule has 0 amide bonds. The molecule has 0 fully saturated rings. The largest absolute Gasteiger partial charge is 0.545 e. The first kappa shape index (κ1) is 5.24. The lowest BCUT2D eigenvalue weighted by molar-refractivity contribution is 0.392. The maximum atomic E-state index is 10.7. The van der Waals surface area contributed by atoms with Crippen LogP contribution >= 0.6 is 8.18 Å². The van der Waals surface area contributed by atoms with Gasteiger partial charge in [0.2, 0.25) is 0 Å². The van der Waals surface area contributed by atoms with Gasteiger partial charge in [-0.15, -0.1) is 5.50 Å². The van der Waals surface area contributed by atoms with Gasteiger partial charge < -0.3 is 0 Å². The molecule has 5 heteroatoms. The Morgan fingerprint density at radius 2 is 1.60 bits per heavy atom. The first-order valence-electron chi connectivity index (χ1n) is 0.827. The SMILES string of the molecule is N[P+](O)(O)F. The Morgan fingerprint density at radius 3 is 1.60 bits per heavy atom. The van der Waals surface area contributed by atoms with E-state index >= 15 is 0 Å². The van der Waals surface area contributed by atoms with Gasteiger partial charge in [-0.25, -0.2) is 0 Å². The topological polar surface area (TPSA) is 66.5 Å². The average molecular weight is 100 g/mol. The van der Waals surface area contributed by atoms with Crippen LogP contribution in [0.5, 0.6) is 0 Å². The fourth-order valence-electron chi connectivity index (χ4n) is 0. The number of halogens is 1. The molecule has 0 aromatic heterocycles. The van der Waals surface area contributed by atoms with Crippen LogP contribution in [0.3, 0.4) is 0 Å². The Hall–Kier alpha value is 0.240. The number of hydrogen-bond donors (Lipinski definition) is 3. The molecule has 0 atom stereocenters. The van der Waals surface area contributed by atoms with E-state index in [0.717, 1.165) is 0 Å². The van der Waals surface area contributed by atoms with Crippen LogP contribution in [-0.2, 0) is 0 Å². The zero-order valence-electron chi connectivity index (χ0n) is 2.30. The van der Waals surface area contributed by atoms with E-state index in [-0.39, 0.29) is 0 Å². The highest BCUT2D eigenvalue weighted by Crippen LogP contribution is 2.40. The van der Waals surface area contributed by atoms with Crippen LogP contribution in [0, 0.1) is 0 Å². The molecule has 0 saturated carbocycles. The van der Waals surface area contributed by atoms with E-state index in [2.05, 4.69) is 5.50 Å². The third-order valence-electron chi connectivity index (χ3n) is 0. The van der Waals surface area contributed by atoms with Crippen molar-refractivity contribution >= 4 is 8.18 Å². The van der Waals surface area contributed by atoms with Gasteiger partial charge in [-0.3, -0.25) is 0 Å². The monoisotopic (exact) mass is 100.0 g/mol. The summed E-state index contributed by atoms with van der Waals surface area (Å²) in [7, 11) is -4.39. The van der Waals surface area contributed by atoms with Gasteiger partial charge in [0.1, 0.15) is 0 Å². The summed E-state index contributed by atoms with van der Waals surface area (Å²) in [5, 5.41) is 0. The zero-order chi connectivity index (χ0) is 4.50. The lowest BCUT2D eigenvalue weighted by atomic mass is 13.9. The minimum absolute atomic E-state index is 3.91. The van der Waals surface area contributed by atoms with Crippen molar-refractivity contribution in [2.24, 2.45) is 5.50 Å². The molecule has 0 aliphatic heterocycles. The van der Waals surface area contributed by atoms with Gasteiger partial charge in [0, 0.05) is 4.20 Å². The minimum atomic E-state index is -4.39. The van der Waals surface area contributed by atoms with Crippen LogP contribution in [0.25, 0.3) is 0 Å². The van der Waals surface area contributed by atoms with Crippen molar-refractivity contribution < 1.29 is 14.0 Å². The second kappa shape index (κ2) is 1.14. The molecule has 4 N–H and O–H groups in total. The van der Waals surface area contributed by atoms with Crippen LogP contribution in [0.2, 0.25) is 0 Å². The molecule has 0 radical (unpaired) electrons. The highest BCUT2D eigenvalue weighted by Gasteiger charge is 2.25. The van der Waals surface area contributed by atoms with E-state index in [4.69, 9.17) is 9.79 Å². The second-order valence-electron chi connectivity index (χ2n) is 0.569. The van der Waals surface area contributed by atoms with Crippen molar-refractivity contribution in [2.45, 2.75) is 0 Å². The van der Waals surface area contributed by atoms with Crippen LogP contribution in [-0.4, -0.2) is 9.79 Å². The van der Waals surface area contributed by atoms with Gasteiger partial charge in [0.05, 0.1) is 0 Å². The van der Waals surface area contributed by atoms with Gasteiger partial charge in [0.15, 0.2) is 0 Å². The summed E-state index contributed by atoms with van der Waals surface area (Å²) in [5.74, 6) is 0. The summed E-state index contributed by atoms with van der Waals surface area (Å²) in [5.41, 5.74) is 3.91. The van der Waals surface area contributed by atoms with E-state index in [0.29, 0.717) is 0 Å². The lowest BCUT2D eigenvalue weighted by Crippen LogP contribution is -1.91. The van der Waals surface area contributed by atoms with Crippen LogP contribution < -0.4 is 5.50 Å². The minimum Gasteiger partial charge on any atom is -0.174 e. The fourth-order valence-corrected chi connectivity index (χ4v) is 0. The molecule has 32 valence electrons. The number of nitrogens with two attached hydrogens (primary N) is 1. The summed E-state index contributed by atoms with van der Waals surface area (Å²) < 4.78 is 10.7. The Labute approximate surface area is 28.9 Å². The van der Waals surface area contributed by atoms with E-state index in [9.17, 15) is 4.20 Å². The standard InChI is InChI=1S/FH4NO2P/c1-5(2,3)4/h3-4H,2H2/q+1. The van der Waals surface area contributed by atoms with E-state index in [1.165, 1.54) is 0 Å². The van der Waals surface area contributed by atoms with Gasteiger partial charge >= 0.3 is 8.18 Å². The highest BCUT2D eigenvalue weighted by atomic mass is 31.2. The summed E-state index contributed by atoms with van der Waals surface area (Å²) in [6.45, 7) is 0. The number of hydrogen-bond acceptors (Lipinski definition) is 3. The van der Waals surface area contributed by atoms with Crippen molar-refractivity contribution in [3.63, 3.8) is 0 Å². The summed E-state index contributed by atoms with van der Waals surface area (Å²) >= 11 is 0.